The van der Waals surface area contributed by atoms with E-state index < -0.39 is 5.97 Å². The number of rotatable bonds is 3. The summed E-state index contributed by atoms with van der Waals surface area (Å²) >= 11 is 0. The van der Waals surface area contributed by atoms with Gasteiger partial charge in [0.2, 0.25) is 0 Å². The molecule has 1 saturated carbocycles. The topological polar surface area (TPSA) is 40.5 Å². The second-order valence-corrected chi connectivity index (χ2v) is 5.80. The van der Waals surface area contributed by atoms with Crippen molar-refractivity contribution in [3.63, 3.8) is 0 Å². The predicted octanol–water partition coefficient (Wildman–Crippen LogP) is 0.533. The van der Waals surface area contributed by atoms with Gasteiger partial charge in [-0.05, 0) is 56.5 Å². The summed E-state index contributed by atoms with van der Waals surface area (Å²) in [6.07, 6.45) is 8.67. The van der Waals surface area contributed by atoms with Crippen molar-refractivity contribution < 1.29 is 40.9 Å². The third-order valence-corrected chi connectivity index (χ3v) is 4.46. The molecule has 3 rings (SSSR count). The predicted molar refractivity (Wildman–Crippen MR) is 80.9 cm³/mol. The van der Waals surface area contributed by atoms with E-state index in [2.05, 4.69) is 11.0 Å². The van der Waals surface area contributed by atoms with Gasteiger partial charge >= 0.3 is 35.5 Å². The largest absolute Gasteiger partial charge is 1.00 e. The minimum Gasteiger partial charge on any atom is -1.00 e. The van der Waals surface area contributed by atoms with Crippen molar-refractivity contribution in [1.29, 1.82) is 0 Å². The third-order valence-electron chi connectivity index (χ3n) is 4.46. The number of aromatic carboxylic acids is 1. The van der Waals surface area contributed by atoms with Gasteiger partial charge in [-0.1, -0.05) is 30.2 Å². The summed E-state index contributed by atoms with van der Waals surface area (Å²) in [5.41, 5.74) is 3.01. The quantitative estimate of drug-likeness (QED) is 0.827. The Morgan fingerprint density at radius 3 is 2.48 bits per heavy atom. The van der Waals surface area contributed by atoms with Crippen LogP contribution in [0.4, 0.5) is 0 Å². The summed E-state index contributed by atoms with van der Waals surface area (Å²) in [4.78, 5) is 13.4. The van der Waals surface area contributed by atoms with Gasteiger partial charge in [0.15, 0.2) is 0 Å². The molecule has 4 heteroatoms. The Morgan fingerprint density at radius 1 is 1.19 bits per heavy atom. The van der Waals surface area contributed by atoms with Crippen LogP contribution >= 0.6 is 0 Å². The average molecular weight is 295 g/mol. The molecule has 1 unspecified atom stereocenters. The number of carboxylic acids is 1. The van der Waals surface area contributed by atoms with Crippen molar-refractivity contribution in [1.82, 2.24) is 4.90 Å². The zero-order valence-corrected chi connectivity index (χ0v) is 14.7. The van der Waals surface area contributed by atoms with E-state index in [0.29, 0.717) is 11.6 Å². The van der Waals surface area contributed by atoms with Crippen LogP contribution < -0.4 is 29.6 Å². The summed E-state index contributed by atoms with van der Waals surface area (Å²) in [5.74, 6) is -0.861. The number of carbonyl (C=O) groups is 1. The van der Waals surface area contributed by atoms with Crippen LogP contribution in [0.5, 0.6) is 0 Å². The Kier molecular flexibility index (Phi) is 6.06. The molecule has 108 valence electrons. The number of likely N-dealkylation sites (tertiary alicyclic amines) is 1. The molecule has 1 aromatic rings. The van der Waals surface area contributed by atoms with E-state index in [1.807, 2.05) is 12.1 Å². The molecule has 1 saturated heterocycles. The molecule has 21 heavy (non-hydrogen) atoms. The van der Waals surface area contributed by atoms with Crippen molar-refractivity contribution >= 4 is 12.0 Å². The SMILES string of the molecule is O=C(O)c1ccc(C=C2CCCCC2N2CCC2)cc1.[H-].[Na+]. The van der Waals surface area contributed by atoms with Gasteiger partial charge in [0, 0.05) is 6.04 Å². The molecule has 0 radical (unpaired) electrons. The maximum Gasteiger partial charge on any atom is 1.00 e. The van der Waals surface area contributed by atoms with Crippen LogP contribution in [0.1, 0.15) is 49.5 Å². The van der Waals surface area contributed by atoms with Gasteiger partial charge in [-0.3, -0.25) is 4.90 Å². The minimum atomic E-state index is -0.861. The Bertz CT molecular complexity index is 526. The van der Waals surface area contributed by atoms with Crippen molar-refractivity contribution in [2.45, 2.75) is 38.1 Å². The number of nitrogens with zero attached hydrogens (tertiary/aromatic N) is 1. The number of hydrogen-bond acceptors (Lipinski definition) is 2. The van der Waals surface area contributed by atoms with Crippen LogP contribution in [0.3, 0.4) is 0 Å². The fourth-order valence-electron chi connectivity index (χ4n) is 3.19. The molecule has 1 aliphatic heterocycles. The molecule has 1 N–H and O–H groups in total. The normalized spacial score (nSPS) is 24.2. The van der Waals surface area contributed by atoms with Crippen molar-refractivity contribution in [3.8, 4) is 0 Å². The van der Waals surface area contributed by atoms with Gasteiger partial charge in [-0.15, -0.1) is 0 Å². The molecule has 1 aliphatic carbocycles. The Labute approximate surface area is 149 Å². The van der Waals surface area contributed by atoms with E-state index in [-0.39, 0.29) is 31.0 Å². The van der Waals surface area contributed by atoms with Crippen LogP contribution in [0, 0.1) is 0 Å². The van der Waals surface area contributed by atoms with E-state index in [1.54, 1.807) is 12.1 Å². The average Bonchev–Trinajstić information content (AvgIpc) is 2.39. The number of hydrogen-bond donors (Lipinski definition) is 1. The monoisotopic (exact) mass is 295 g/mol. The Hall–Kier alpha value is -0.610. The van der Waals surface area contributed by atoms with Crippen molar-refractivity contribution in [3.05, 3.63) is 41.0 Å². The summed E-state index contributed by atoms with van der Waals surface area (Å²) in [6.45, 7) is 2.47. The van der Waals surface area contributed by atoms with Crippen LogP contribution in [-0.4, -0.2) is 35.1 Å². The maximum absolute atomic E-state index is 10.9. The van der Waals surface area contributed by atoms with E-state index in [0.717, 1.165) is 5.56 Å². The number of carboxylic acid groups (broad SMARTS) is 1. The van der Waals surface area contributed by atoms with Gasteiger partial charge in [0.25, 0.3) is 0 Å². The van der Waals surface area contributed by atoms with Gasteiger partial charge in [-0.25, -0.2) is 4.79 Å². The maximum atomic E-state index is 10.9. The number of benzene rings is 1. The molecule has 1 aromatic carbocycles. The van der Waals surface area contributed by atoms with E-state index in [1.165, 1.54) is 50.8 Å². The molecule has 1 atom stereocenters. The first-order chi connectivity index (χ1) is 9.74. The zero-order chi connectivity index (χ0) is 13.9. The molecule has 0 amide bonds. The second kappa shape index (κ2) is 7.59. The van der Waals surface area contributed by atoms with Crippen molar-refractivity contribution in [2.75, 3.05) is 13.1 Å². The third kappa shape index (κ3) is 3.98. The van der Waals surface area contributed by atoms with E-state index in [9.17, 15) is 4.79 Å². The summed E-state index contributed by atoms with van der Waals surface area (Å²) in [5, 5.41) is 8.93. The smallest absolute Gasteiger partial charge is 1.00 e. The first-order valence-electron chi connectivity index (χ1n) is 7.52. The second-order valence-electron chi connectivity index (χ2n) is 5.80. The van der Waals surface area contributed by atoms with Gasteiger partial charge in [0.05, 0.1) is 5.56 Å². The molecular formula is C17H22NNaO2. The first-order valence-corrected chi connectivity index (χ1v) is 7.52. The first kappa shape index (κ1) is 16.8. The standard InChI is InChI=1S/C17H21NO2.Na.H/c19-17(20)14-8-6-13(7-9-14)12-15-4-1-2-5-16(15)18-10-3-11-18;;/h6-9,12,16H,1-5,10-11H2,(H,19,20);;/q;+1;-1. The van der Waals surface area contributed by atoms with Crippen LogP contribution in [0.25, 0.3) is 6.08 Å². The molecule has 1 heterocycles. The van der Waals surface area contributed by atoms with E-state index in [4.69, 9.17) is 5.11 Å². The van der Waals surface area contributed by atoms with Gasteiger partial charge in [0.1, 0.15) is 0 Å². The van der Waals surface area contributed by atoms with Crippen LogP contribution in [0.2, 0.25) is 0 Å². The Balaban J connectivity index is 0.00000121. The molecule has 2 aliphatic rings. The fraction of sp³-hybridized carbons (Fsp3) is 0.471. The molecule has 0 bridgehead atoms. The van der Waals surface area contributed by atoms with Crippen LogP contribution in [0.15, 0.2) is 29.8 Å². The Morgan fingerprint density at radius 2 is 1.90 bits per heavy atom. The molecular weight excluding hydrogens is 273 g/mol. The molecule has 2 fully saturated rings. The molecule has 3 nitrogen and oxygen atoms in total. The zero-order valence-electron chi connectivity index (χ0n) is 13.7. The van der Waals surface area contributed by atoms with Gasteiger partial charge in [-0.2, -0.15) is 0 Å². The molecule has 0 spiro atoms. The fourth-order valence-corrected chi connectivity index (χ4v) is 3.19. The van der Waals surface area contributed by atoms with Gasteiger partial charge < -0.3 is 6.53 Å². The minimum absolute atomic E-state index is 0. The van der Waals surface area contributed by atoms with E-state index >= 15 is 0 Å². The van der Waals surface area contributed by atoms with Crippen LogP contribution in [-0.2, 0) is 0 Å². The molecule has 0 aromatic heterocycles. The summed E-state index contributed by atoms with van der Waals surface area (Å²) < 4.78 is 0. The summed E-state index contributed by atoms with van der Waals surface area (Å²) in [7, 11) is 0. The summed E-state index contributed by atoms with van der Waals surface area (Å²) in [6, 6.07) is 7.83. The van der Waals surface area contributed by atoms with Crippen molar-refractivity contribution in [2.24, 2.45) is 0 Å².